The van der Waals surface area contributed by atoms with Crippen LogP contribution in [0.15, 0.2) is 18.2 Å². The van der Waals surface area contributed by atoms with Gasteiger partial charge in [-0.3, -0.25) is 9.59 Å². The fourth-order valence-electron chi connectivity index (χ4n) is 3.44. The van der Waals surface area contributed by atoms with E-state index in [-0.39, 0.29) is 16.9 Å². The Hall–Kier alpha value is -1.66. The van der Waals surface area contributed by atoms with Gasteiger partial charge in [-0.25, -0.2) is 0 Å². The number of nitrogens with zero attached hydrogens (tertiary/aromatic N) is 1. The molecule has 2 heterocycles. The highest BCUT2D eigenvalue weighted by atomic mass is 16.4. The summed E-state index contributed by atoms with van der Waals surface area (Å²) in [7, 11) is -1.71. The van der Waals surface area contributed by atoms with Crippen LogP contribution in [0.5, 0.6) is 0 Å². The van der Waals surface area contributed by atoms with E-state index in [1.54, 1.807) is 6.07 Å². The molecule has 3 rings (SSSR count). The Bertz CT molecular complexity index is 540. The van der Waals surface area contributed by atoms with Gasteiger partial charge in [-0.15, -0.1) is 0 Å². The zero-order valence-corrected chi connectivity index (χ0v) is 11.0. The van der Waals surface area contributed by atoms with E-state index >= 15 is 0 Å². The summed E-state index contributed by atoms with van der Waals surface area (Å²) in [6.45, 7) is 0. The molecular weight excluding hydrogens is 257 g/mol. The molecule has 20 heavy (non-hydrogen) atoms. The minimum absolute atomic E-state index is 0.0583. The number of hydrogen-bond donors (Lipinski definition) is 2. The van der Waals surface area contributed by atoms with Gasteiger partial charge < -0.3 is 14.9 Å². The highest BCUT2D eigenvalue weighted by Gasteiger charge is 2.42. The SMILES string of the molecule is O=Cc1cc(C(=O)N2C3CCC2CC3)ccc1B(O)O. The van der Waals surface area contributed by atoms with Gasteiger partial charge in [0, 0.05) is 23.2 Å². The summed E-state index contributed by atoms with van der Waals surface area (Å²) in [5, 5.41) is 18.3. The molecule has 0 radical (unpaired) electrons. The third kappa shape index (κ3) is 2.05. The van der Waals surface area contributed by atoms with E-state index in [4.69, 9.17) is 0 Å². The Morgan fingerprint density at radius 3 is 2.30 bits per heavy atom. The van der Waals surface area contributed by atoms with E-state index in [0.717, 1.165) is 25.7 Å². The van der Waals surface area contributed by atoms with Gasteiger partial charge >= 0.3 is 7.12 Å². The first kappa shape index (κ1) is 13.3. The second kappa shape index (κ2) is 5.03. The lowest BCUT2D eigenvalue weighted by molar-refractivity contribution is 0.0730. The van der Waals surface area contributed by atoms with Gasteiger partial charge in [0.25, 0.3) is 5.91 Å². The van der Waals surface area contributed by atoms with Gasteiger partial charge in [0.15, 0.2) is 0 Å². The summed E-state index contributed by atoms with van der Waals surface area (Å²) < 4.78 is 0. The molecule has 2 N–H and O–H groups in total. The van der Waals surface area contributed by atoms with E-state index in [9.17, 15) is 19.6 Å². The molecule has 0 unspecified atom stereocenters. The number of carbonyl (C=O) groups excluding carboxylic acids is 2. The second-order valence-electron chi connectivity index (χ2n) is 5.51. The third-order valence-electron chi connectivity index (χ3n) is 4.43. The van der Waals surface area contributed by atoms with E-state index in [0.29, 0.717) is 23.9 Å². The lowest BCUT2D eigenvalue weighted by Crippen LogP contribution is -2.37. The minimum Gasteiger partial charge on any atom is -0.423 e. The maximum absolute atomic E-state index is 12.5. The highest BCUT2D eigenvalue weighted by Crippen LogP contribution is 2.38. The number of benzene rings is 1. The molecule has 5 nitrogen and oxygen atoms in total. The normalized spacial score (nSPS) is 24.0. The molecule has 1 aromatic carbocycles. The fraction of sp³-hybridized carbons (Fsp3) is 0.429. The summed E-state index contributed by atoms with van der Waals surface area (Å²) in [4.78, 5) is 25.5. The number of carbonyl (C=O) groups is 2. The standard InChI is InChI=1S/C14H16BNO4/c17-8-10-7-9(1-6-13(10)15(19)20)14(18)16-11-2-3-12(16)5-4-11/h1,6-8,11-12,19-20H,2-5H2. The maximum atomic E-state index is 12.5. The van der Waals surface area contributed by atoms with Crippen molar-refractivity contribution in [3.8, 4) is 0 Å². The maximum Gasteiger partial charge on any atom is 0.489 e. The summed E-state index contributed by atoms with van der Waals surface area (Å²) in [6.07, 6.45) is 4.79. The van der Waals surface area contributed by atoms with Gasteiger partial charge in [0.2, 0.25) is 0 Å². The summed E-state index contributed by atoms with van der Waals surface area (Å²) in [6, 6.07) is 5.09. The molecule has 2 fully saturated rings. The van der Waals surface area contributed by atoms with Crippen molar-refractivity contribution in [3.05, 3.63) is 29.3 Å². The Balaban J connectivity index is 1.91. The molecular formula is C14H16BNO4. The van der Waals surface area contributed by atoms with Crippen molar-refractivity contribution in [2.45, 2.75) is 37.8 Å². The average molecular weight is 273 g/mol. The van der Waals surface area contributed by atoms with Crippen molar-refractivity contribution >= 4 is 24.8 Å². The molecule has 0 spiro atoms. The van der Waals surface area contributed by atoms with Crippen LogP contribution in [0.1, 0.15) is 46.4 Å². The Morgan fingerprint density at radius 1 is 1.20 bits per heavy atom. The van der Waals surface area contributed by atoms with E-state index in [1.807, 2.05) is 4.90 Å². The van der Waals surface area contributed by atoms with Crippen molar-refractivity contribution in [2.24, 2.45) is 0 Å². The van der Waals surface area contributed by atoms with Crippen molar-refractivity contribution < 1.29 is 19.6 Å². The van der Waals surface area contributed by atoms with Crippen LogP contribution < -0.4 is 5.46 Å². The molecule has 0 aromatic heterocycles. The molecule has 6 heteroatoms. The van der Waals surface area contributed by atoms with Crippen LogP contribution in [0, 0.1) is 0 Å². The highest BCUT2D eigenvalue weighted by molar-refractivity contribution is 6.60. The minimum atomic E-state index is -1.71. The predicted molar refractivity (Wildman–Crippen MR) is 73.9 cm³/mol. The molecule has 2 bridgehead atoms. The summed E-state index contributed by atoms with van der Waals surface area (Å²) >= 11 is 0. The molecule has 0 atom stereocenters. The van der Waals surface area contributed by atoms with Crippen LogP contribution in [0.25, 0.3) is 0 Å². The van der Waals surface area contributed by atoms with Crippen LogP contribution >= 0.6 is 0 Å². The molecule has 1 amide bonds. The van der Waals surface area contributed by atoms with Gasteiger partial charge in [0.05, 0.1) is 0 Å². The van der Waals surface area contributed by atoms with E-state index in [1.165, 1.54) is 12.1 Å². The summed E-state index contributed by atoms with van der Waals surface area (Å²) in [5.74, 6) is -0.0583. The molecule has 2 saturated heterocycles. The monoisotopic (exact) mass is 273 g/mol. The van der Waals surface area contributed by atoms with Crippen LogP contribution in [0.3, 0.4) is 0 Å². The first-order chi connectivity index (χ1) is 9.61. The van der Waals surface area contributed by atoms with Crippen LogP contribution in [0.2, 0.25) is 0 Å². The van der Waals surface area contributed by atoms with Gasteiger partial charge in [-0.2, -0.15) is 0 Å². The first-order valence-electron chi connectivity index (χ1n) is 6.89. The smallest absolute Gasteiger partial charge is 0.423 e. The molecule has 1 aromatic rings. The number of amides is 1. The molecule has 0 saturated carbocycles. The number of fused-ring (bicyclic) bond motifs is 2. The molecule has 2 aliphatic rings. The zero-order valence-electron chi connectivity index (χ0n) is 11.0. The van der Waals surface area contributed by atoms with E-state index < -0.39 is 7.12 Å². The molecule has 2 aliphatic heterocycles. The lowest BCUT2D eigenvalue weighted by Gasteiger charge is -2.22. The Morgan fingerprint density at radius 2 is 1.80 bits per heavy atom. The third-order valence-corrected chi connectivity index (χ3v) is 4.43. The van der Waals surface area contributed by atoms with Crippen LogP contribution in [-0.4, -0.2) is 46.3 Å². The van der Waals surface area contributed by atoms with Crippen molar-refractivity contribution in [1.82, 2.24) is 4.90 Å². The zero-order chi connectivity index (χ0) is 14.3. The van der Waals surface area contributed by atoms with Gasteiger partial charge in [-0.05, 0) is 43.3 Å². The van der Waals surface area contributed by atoms with Crippen LogP contribution in [0.4, 0.5) is 0 Å². The number of hydrogen-bond acceptors (Lipinski definition) is 4. The number of rotatable bonds is 3. The van der Waals surface area contributed by atoms with Gasteiger partial charge in [-0.1, -0.05) is 6.07 Å². The lowest BCUT2D eigenvalue weighted by atomic mass is 9.77. The van der Waals surface area contributed by atoms with Crippen molar-refractivity contribution in [1.29, 1.82) is 0 Å². The Kier molecular flexibility index (Phi) is 3.35. The average Bonchev–Trinajstić information content (AvgIpc) is 3.05. The molecule has 104 valence electrons. The largest absolute Gasteiger partial charge is 0.489 e. The van der Waals surface area contributed by atoms with E-state index in [2.05, 4.69) is 0 Å². The summed E-state index contributed by atoms with van der Waals surface area (Å²) in [5.41, 5.74) is 0.716. The topological polar surface area (TPSA) is 77.8 Å². The van der Waals surface area contributed by atoms with Crippen molar-refractivity contribution in [2.75, 3.05) is 0 Å². The van der Waals surface area contributed by atoms with Gasteiger partial charge in [0.1, 0.15) is 6.29 Å². The number of aldehydes is 1. The fourth-order valence-corrected chi connectivity index (χ4v) is 3.44. The quantitative estimate of drug-likeness (QED) is 0.597. The van der Waals surface area contributed by atoms with Crippen LogP contribution in [-0.2, 0) is 0 Å². The first-order valence-corrected chi connectivity index (χ1v) is 6.89. The second-order valence-corrected chi connectivity index (χ2v) is 5.51. The molecule has 0 aliphatic carbocycles. The Labute approximate surface area is 117 Å². The predicted octanol–water partition coefficient (Wildman–Crippen LogP) is -0.0541. The van der Waals surface area contributed by atoms with Crippen molar-refractivity contribution in [3.63, 3.8) is 0 Å².